The molecule has 4 rings (SSSR count). The van der Waals surface area contributed by atoms with Gasteiger partial charge in [-0.1, -0.05) is 39.7 Å². The molecule has 9 heteroatoms. The third-order valence-corrected chi connectivity index (χ3v) is 6.73. The van der Waals surface area contributed by atoms with E-state index >= 15 is 0 Å². The molecule has 8 nitrogen and oxygen atoms in total. The van der Waals surface area contributed by atoms with Crippen molar-refractivity contribution in [2.75, 3.05) is 12.0 Å². The number of Topliss-reactive ketones (excluding diaryl/α,β-unsaturated/α-hetero) is 1. The molecule has 0 saturated carbocycles. The molecule has 180 valence electrons. The first-order valence-corrected chi connectivity index (χ1v) is 11.6. The highest BCUT2D eigenvalue weighted by molar-refractivity contribution is 9.10. The third kappa shape index (κ3) is 4.44. The predicted molar refractivity (Wildman–Crippen MR) is 134 cm³/mol. The van der Waals surface area contributed by atoms with Gasteiger partial charge < -0.3 is 14.7 Å². The van der Waals surface area contributed by atoms with Crippen molar-refractivity contribution >= 4 is 39.0 Å². The monoisotopic (exact) mass is 538 g/mol. The zero-order valence-electron chi connectivity index (χ0n) is 19.4. The predicted octanol–water partition coefficient (Wildman–Crippen LogP) is 4.99. The molecule has 1 N–H and O–H groups in total. The van der Waals surface area contributed by atoms with E-state index < -0.39 is 28.6 Å². The molecule has 0 spiro atoms. The van der Waals surface area contributed by atoms with E-state index in [4.69, 9.17) is 4.74 Å². The Hall–Kier alpha value is -3.56. The Bertz CT molecular complexity index is 1370. The van der Waals surface area contributed by atoms with Crippen molar-refractivity contribution in [1.82, 2.24) is 0 Å². The van der Waals surface area contributed by atoms with Crippen molar-refractivity contribution in [2.24, 2.45) is 0 Å². The maximum Gasteiger partial charge on any atom is 0.311 e. The number of aryl methyl sites for hydroxylation is 2. The lowest BCUT2D eigenvalue weighted by Crippen LogP contribution is -2.41. The van der Waals surface area contributed by atoms with E-state index in [1.807, 2.05) is 32.0 Å². The van der Waals surface area contributed by atoms with Gasteiger partial charge in [0.05, 0.1) is 30.7 Å². The number of amides is 1. The zero-order valence-corrected chi connectivity index (χ0v) is 21.0. The minimum Gasteiger partial charge on any atom is -0.490 e. The quantitative estimate of drug-likeness (QED) is 0.257. The summed E-state index contributed by atoms with van der Waals surface area (Å²) < 4.78 is 5.63. The van der Waals surface area contributed by atoms with Crippen LogP contribution in [0, 0.1) is 24.0 Å². The number of nitro benzene ring substituents is 1. The summed E-state index contributed by atoms with van der Waals surface area (Å²) in [4.78, 5) is 39.0. The second-order valence-corrected chi connectivity index (χ2v) is 9.50. The van der Waals surface area contributed by atoms with Gasteiger partial charge in [0.2, 0.25) is 0 Å². The number of fused-ring (bicyclic) bond motifs is 1. The number of ether oxygens (including phenoxy) is 1. The van der Waals surface area contributed by atoms with Crippen LogP contribution in [0.4, 0.5) is 11.4 Å². The van der Waals surface area contributed by atoms with Gasteiger partial charge in [-0.15, -0.1) is 0 Å². The van der Waals surface area contributed by atoms with Gasteiger partial charge in [0.1, 0.15) is 0 Å². The highest BCUT2D eigenvalue weighted by Crippen LogP contribution is 2.45. The number of hydrogen-bond acceptors (Lipinski definition) is 6. The lowest BCUT2D eigenvalue weighted by Gasteiger charge is -2.23. The average Bonchev–Trinajstić information content (AvgIpc) is 3.02. The van der Waals surface area contributed by atoms with Gasteiger partial charge in [-0.2, -0.15) is 0 Å². The van der Waals surface area contributed by atoms with Crippen LogP contribution in [-0.4, -0.2) is 28.8 Å². The Morgan fingerprint density at radius 1 is 1.14 bits per heavy atom. The molecule has 1 aliphatic rings. The molecule has 1 aliphatic heterocycles. The van der Waals surface area contributed by atoms with Crippen LogP contribution in [0.3, 0.4) is 0 Å². The largest absolute Gasteiger partial charge is 0.490 e. The minimum absolute atomic E-state index is 0.00301. The van der Waals surface area contributed by atoms with Crippen LogP contribution < -0.4 is 9.64 Å². The topological polar surface area (TPSA) is 110 Å². The fourth-order valence-corrected chi connectivity index (χ4v) is 4.69. The van der Waals surface area contributed by atoms with E-state index in [0.29, 0.717) is 15.7 Å². The van der Waals surface area contributed by atoms with Crippen molar-refractivity contribution < 1.29 is 24.4 Å². The number of nitro groups is 1. The molecule has 0 fully saturated rings. The standard InChI is InChI=1S/C26H23BrN2O6/c1-15-4-5-16(2)18(10-15)14-28-21-8-7-19(27)12-20(21)26(32,25(28)31)13-23(30)17-6-9-24(35-3)22(11-17)29(33)34/h4-12,32H,13-14H2,1-3H3/t26-/m0/s1. The molecule has 0 radical (unpaired) electrons. The van der Waals surface area contributed by atoms with Crippen LogP contribution in [-0.2, 0) is 16.9 Å². The molecule has 0 aliphatic carbocycles. The third-order valence-electron chi connectivity index (χ3n) is 6.24. The number of ketones is 1. The molecule has 1 amide bonds. The van der Waals surface area contributed by atoms with E-state index in [2.05, 4.69) is 15.9 Å². The number of methoxy groups -OCH3 is 1. The molecule has 0 saturated heterocycles. The Labute approximate surface area is 210 Å². The second-order valence-electron chi connectivity index (χ2n) is 8.59. The smallest absolute Gasteiger partial charge is 0.311 e. The van der Waals surface area contributed by atoms with Gasteiger partial charge in [0.25, 0.3) is 5.91 Å². The van der Waals surface area contributed by atoms with E-state index in [0.717, 1.165) is 22.8 Å². The van der Waals surface area contributed by atoms with Gasteiger partial charge in [0, 0.05) is 21.7 Å². The fourth-order valence-electron chi connectivity index (χ4n) is 4.33. The van der Waals surface area contributed by atoms with E-state index in [1.54, 1.807) is 18.2 Å². The van der Waals surface area contributed by atoms with Gasteiger partial charge >= 0.3 is 5.69 Å². The van der Waals surface area contributed by atoms with E-state index in [-0.39, 0.29) is 23.5 Å². The summed E-state index contributed by atoms with van der Waals surface area (Å²) in [6.45, 7) is 4.14. The molecule has 0 aromatic heterocycles. The number of halogens is 1. The Morgan fingerprint density at radius 2 is 1.89 bits per heavy atom. The lowest BCUT2D eigenvalue weighted by molar-refractivity contribution is -0.385. The molecule has 1 heterocycles. The number of aliphatic hydroxyl groups is 1. The Kier molecular flexibility index (Phi) is 6.48. The molecule has 3 aromatic carbocycles. The second kappa shape index (κ2) is 9.24. The van der Waals surface area contributed by atoms with E-state index in [9.17, 15) is 24.8 Å². The number of carbonyl (C=O) groups excluding carboxylic acids is 2. The SMILES string of the molecule is COc1ccc(C(=O)C[C@@]2(O)C(=O)N(Cc3cc(C)ccc3C)c3ccc(Br)cc32)cc1[N+](=O)[O-]. The Morgan fingerprint density at radius 3 is 2.57 bits per heavy atom. The fraction of sp³-hybridized carbons (Fsp3) is 0.231. The maximum atomic E-state index is 13.6. The molecular formula is C26H23BrN2O6. The molecular weight excluding hydrogens is 516 g/mol. The number of anilines is 1. The van der Waals surface area contributed by atoms with Crippen molar-refractivity contribution in [2.45, 2.75) is 32.4 Å². The molecule has 0 unspecified atom stereocenters. The normalized spacial score (nSPS) is 16.8. The van der Waals surface area contributed by atoms with Crippen molar-refractivity contribution in [3.63, 3.8) is 0 Å². The van der Waals surface area contributed by atoms with Crippen molar-refractivity contribution in [1.29, 1.82) is 0 Å². The molecule has 0 bridgehead atoms. The van der Waals surface area contributed by atoms with Gasteiger partial charge in [-0.3, -0.25) is 19.7 Å². The van der Waals surface area contributed by atoms with Crippen LogP contribution >= 0.6 is 15.9 Å². The Balaban J connectivity index is 1.72. The number of carbonyl (C=O) groups is 2. The summed E-state index contributed by atoms with van der Waals surface area (Å²) in [5, 5.41) is 23.0. The molecule has 1 atom stereocenters. The first-order chi connectivity index (χ1) is 16.5. The first kappa shape index (κ1) is 24.6. The first-order valence-electron chi connectivity index (χ1n) is 10.8. The highest BCUT2D eigenvalue weighted by Gasteiger charge is 2.51. The summed E-state index contributed by atoms with van der Waals surface area (Å²) >= 11 is 3.38. The number of benzene rings is 3. The van der Waals surface area contributed by atoms with Crippen LogP contribution in [0.2, 0.25) is 0 Å². The van der Waals surface area contributed by atoms with Crippen LogP contribution in [0.25, 0.3) is 0 Å². The zero-order chi connectivity index (χ0) is 25.5. The van der Waals surface area contributed by atoms with Gasteiger partial charge in [-0.25, -0.2) is 0 Å². The lowest BCUT2D eigenvalue weighted by atomic mass is 9.88. The highest BCUT2D eigenvalue weighted by atomic mass is 79.9. The van der Waals surface area contributed by atoms with E-state index in [1.165, 1.54) is 24.1 Å². The summed E-state index contributed by atoms with van der Waals surface area (Å²) in [7, 11) is 1.29. The van der Waals surface area contributed by atoms with Crippen LogP contribution in [0.15, 0.2) is 59.1 Å². The van der Waals surface area contributed by atoms with Crippen LogP contribution in [0.1, 0.15) is 39.0 Å². The summed E-state index contributed by atoms with van der Waals surface area (Å²) in [5.41, 5.74) is 1.29. The minimum atomic E-state index is -2.12. The van der Waals surface area contributed by atoms with Gasteiger partial charge in [-0.05, 0) is 55.3 Å². The van der Waals surface area contributed by atoms with Crippen molar-refractivity contribution in [3.05, 3.63) is 97.0 Å². The number of hydrogen-bond donors (Lipinski definition) is 1. The maximum absolute atomic E-state index is 13.6. The van der Waals surface area contributed by atoms with Crippen LogP contribution in [0.5, 0.6) is 5.75 Å². The molecule has 35 heavy (non-hydrogen) atoms. The number of nitrogens with zero attached hydrogens (tertiary/aromatic N) is 2. The molecule has 3 aromatic rings. The summed E-state index contributed by atoms with van der Waals surface area (Å²) in [6.07, 6.45) is -0.567. The number of rotatable bonds is 7. The summed E-state index contributed by atoms with van der Waals surface area (Å²) in [6, 6.07) is 14.9. The summed E-state index contributed by atoms with van der Waals surface area (Å²) in [5.74, 6) is -1.22. The average molecular weight is 539 g/mol. The van der Waals surface area contributed by atoms with Crippen molar-refractivity contribution in [3.8, 4) is 5.75 Å². The van der Waals surface area contributed by atoms with Gasteiger partial charge in [0.15, 0.2) is 17.1 Å².